The molecule has 6 nitrogen and oxygen atoms in total. The quantitative estimate of drug-likeness (QED) is 0.283. The number of phenols is 1. The van der Waals surface area contributed by atoms with E-state index in [0.717, 1.165) is 31.0 Å². The third-order valence-electron chi connectivity index (χ3n) is 8.45. The van der Waals surface area contributed by atoms with Crippen LogP contribution in [0.15, 0.2) is 24.3 Å². The van der Waals surface area contributed by atoms with Gasteiger partial charge in [-0.15, -0.1) is 0 Å². The molecule has 1 saturated heterocycles. The topological polar surface area (TPSA) is 87.1 Å². The lowest BCUT2D eigenvalue weighted by atomic mass is 9.49. The summed E-state index contributed by atoms with van der Waals surface area (Å²) in [6.07, 6.45) is 10.5. The van der Waals surface area contributed by atoms with E-state index < -0.39 is 11.0 Å². The summed E-state index contributed by atoms with van der Waals surface area (Å²) < 4.78 is 5.56. The highest BCUT2D eigenvalue weighted by Crippen LogP contribution is 2.60. The lowest BCUT2D eigenvalue weighted by Crippen LogP contribution is -2.73. The zero-order valence-corrected chi connectivity index (χ0v) is 19.5. The normalized spacial score (nSPS) is 31.3. The average molecular weight is 454 g/mol. The maximum atomic E-state index is 12.7. The molecule has 3 unspecified atom stereocenters. The second kappa shape index (κ2) is 8.55. The molecule has 1 aromatic carbocycles. The molecular formula is C27H35NO5. The van der Waals surface area contributed by atoms with E-state index >= 15 is 0 Å². The van der Waals surface area contributed by atoms with Crippen LogP contribution in [0.5, 0.6) is 11.5 Å². The number of phenolic OH excluding ortho intramolecular Hbond substituents is 1. The Kier molecular flexibility index (Phi) is 5.86. The number of rotatable bonds is 7. The average Bonchev–Trinajstić information content (AvgIpc) is 3.59. The van der Waals surface area contributed by atoms with E-state index in [0.29, 0.717) is 37.7 Å². The van der Waals surface area contributed by atoms with Crippen molar-refractivity contribution in [1.29, 1.82) is 0 Å². The van der Waals surface area contributed by atoms with Gasteiger partial charge in [0.05, 0.1) is 5.60 Å². The van der Waals surface area contributed by atoms with Crippen LogP contribution in [0.1, 0.15) is 75.8 Å². The minimum Gasteiger partial charge on any atom is -0.504 e. The molecule has 6 heteroatoms. The number of carbonyl (C=O) groups excluding carboxylic acids is 2. The van der Waals surface area contributed by atoms with Crippen molar-refractivity contribution in [3.63, 3.8) is 0 Å². The summed E-state index contributed by atoms with van der Waals surface area (Å²) in [5, 5.41) is 23.5. The predicted octanol–water partition coefficient (Wildman–Crippen LogP) is 3.81. The van der Waals surface area contributed by atoms with E-state index in [4.69, 9.17) is 4.74 Å². The van der Waals surface area contributed by atoms with Crippen LogP contribution in [0.4, 0.5) is 0 Å². The molecule has 1 heterocycles. The first kappa shape index (κ1) is 22.6. The number of unbranched alkanes of at least 4 members (excludes halogenated alkanes) is 1. The van der Waals surface area contributed by atoms with Crippen LogP contribution in [0.2, 0.25) is 0 Å². The zero-order chi connectivity index (χ0) is 23.2. The molecule has 2 N–H and O–H groups in total. The van der Waals surface area contributed by atoms with E-state index in [9.17, 15) is 19.8 Å². The summed E-state index contributed by atoms with van der Waals surface area (Å²) in [7, 11) is 0. The Morgan fingerprint density at radius 3 is 2.88 bits per heavy atom. The number of hydrogen-bond donors (Lipinski definition) is 2. The number of Topliss-reactive ketones (excluding diaryl/α,β-unsaturated/α-hetero) is 1. The van der Waals surface area contributed by atoms with Crippen molar-refractivity contribution in [3.8, 4) is 11.5 Å². The molecule has 2 saturated carbocycles. The van der Waals surface area contributed by atoms with Crippen molar-refractivity contribution in [3.05, 3.63) is 35.4 Å². The fourth-order valence-corrected chi connectivity index (χ4v) is 6.62. The standard InChI is InChI=1S/C27H35NO5/c1-2-3-4-5-6-23(30)33-21-10-9-19-15-22-27(32)12-11-20(29)16-26(27,24(19)25(21)31)13-14-28(22)17-18-7-8-18/h2-3,9-10,18,22,31-32H,4-8,11-17H2,1H3/b3-2-. The van der Waals surface area contributed by atoms with Crippen molar-refractivity contribution in [1.82, 2.24) is 4.90 Å². The number of ketones is 1. The molecule has 3 fully saturated rings. The van der Waals surface area contributed by atoms with Crippen molar-refractivity contribution in [2.75, 3.05) is 13.1 Å². The Morgan fingerprint density at radius 2 is 2.12 bits per heavy atom. The van der Waals surface area contributed by atoms with Crippen molar-refractivity contribution in [2.45, 2.75) is 88.2 Å². The number of benzene rings is 1. The maximum absolute atomic E-state index is 12.7. The van der Waals surface area contributed by atoms with Crippen molar-refractivity contribution < 1.29 is 24.5 Å². The number of hydrogen-bond acceptors (Lipinski definition) is 6. The second-order valence-electron chi connectivity index (χ2n) is 10.5. The highest BCUT2D eigenvalue weighted by molar-refractivity contribution is 5.83. The number of fused-ring (bicyclic) bond motifs is 1. The van der Waals surface area contributed by atoms with Gasteiger partial charge >= 0.3 is 5.97 Å². The molecule has 0 amide bonds. The molecule has 0 radical (unpaired) electrons. The van der Waals surface area contributed by atoms with Gasteiger partial charge in [-0.2, -0.15) is 0 Å². The largest absolute Gasteiger partial charge is 0.504 e. The van der Waals surface area contributed by atoms with E-state index in [1.165, 1.54) is 12.8 Å². The molecule has 1 aromatic rings. The lowest BCUT2D eigenvalue weighted by molar-refractivity contribution is -0.173. The molecule has 2 bridgehead atoms. The molecule has 0 spiro atoms. The third-order valence-corrected chi connectivity index (χ3v) is 8.45. The molecule has 33 heavy (non-hydrogen) atoms. The summed E-state index contributed by atoms with van der Waals surface area (Å²) in [5.41, 5.74) is -0.281. The first-order valence-electron chi connectivity index (χ1n) is 12.5. The summed E-state index contributed by atoms with van der Waals surface area (Å²) in [4.78, 5) is 27.5. The summed E-state index contributed by atoms with van der Waals surface area (Å²) in [6, 6.07) is 3.54. The van der Waals surface area contributed by atoms with Crippen LogP contribution in [-0.4, -0.2) is 51.6 Å². The van der Waals surface area contributed by atoms with E-state index in [1.54, 1.807) is 6.07 Å². The van der Waals surface area contributed by atoms with Gasteiger partial charge in [0.15, 0.2) is 11.5 Å². The summed E-state index contributed by atoms with van der Waals surface area (Å²) >= 11 is 0. The molecule has 5 rings (SSSR count). The Balaban J connectivity index is 1.48. The van der Waals surface area contributed by atoms with Gasteiger partial charge in [0.2, 0.25) is 0 Å². The number of carbonyl (C=O) groups is 2. The highest BCUT2D eigenvalue weighted by Gasteiger charge is 2.65. The first-order chi connectivity index (χ1) is 15.9. The maximum Gasteiger partial charge on any atom is 0.311 e. The predicted molar refractivity (Wildman–Crippen MR) is 124 cm³/mol. The van der Waals surface area contributed by atoms with E-state index in [-0.39, 0.29) is 42.1 Å². The number of allylic oxidation sites excluding steroid dienone is 2. The van der Waals surface area contributed by atoms with Gasteiger partial charge in [-0.05, 0) is 76.0 Å². The highest BCUT2D eigenvalue weighted by atomic mass is 16.5. The van der Waals surface area contributed by atoms with Gasteiger partial charge in [0.25, 0.3) is 0 Å². The third kappa shape index (κ3) is 3.81. The zero-order valence-electron chi connectivity index (χ0n) is 19.5. The number of aliphatic hydroxyl groups is 1. The SMILES string of the molecule is C/C=C\CCCC(=O)Oc1ccc2c(c1O)C13CCN(CC4CC4)C(C2)C1(O)CCC(=O)C3. The van der Waals surface area contributed by atoms with Crippen LogP contribution in [-0.2, 0) is 21.4 Å². The smallest absolute Gasteiger partial charge is 0.311 e. The number of piperidine rings is 1. The van der Waals surface area contributed by atoms with Gasteiger partial charge < -0.3 is 14.9 Å². The number of aromatic hydroxyl groups is 1. The molecular weight excluding hydrogens is 418 g/mol. The fraction of sp³-hybridized carbons (Fsp3) is 0.630. The number of esters is 1. The molecule has 0 aromatic heterocycles. The number of likely N-dealkylation sites (tertiary alicyclic amines) is 1. The number of nitrogens with zero attached hydrogens (tertiary/aromatic N) is 1. The van der Waals surface area contributed by atoms with Gasteiger partial charge in [-0.1, -0.05) is 18.2 Å². The molecule has 4 aliphatic rings. The van der Waals surface area contributed by atoms with Crippen molar-refractivity contribution >= 4 is 11.8 Å². The lowest BCUT2D eigenvalue weighted by Gasteiger charge is -2.63. The van der Waals surface area contributed by atoms with E-state index in [2.05, 4.69) is 4.90 Å². The first-order valence-corrected chi connectivity index (χ1v) is 12.5. The Hall–Kier alpha value is -2.18. The molecule has 3 aliphatic carbocycles. The fourth-order valence-electron chi connectivity index (χ4n) is 6.62. The van der Waals surface area contributed by atoms with Crippen molar-refractivity contribution in [2.24, 2.45) is 5.92 Å². The van der Waals surface area contributed by atoms with Gasteiger partial charge in [0, 0.05) is 42.8 Å². The van der Waals surface area contributed by atoms with Crippen LogP contribution in [0.3, 0.4) is 0 Å². The van der Waals surface area contributed by atoms with Crippen LogP contribution >= 0.6 is 0 Å². The monoisotopic (exact) mass is 453 g/mol. The van der Waals surface area contributed by atoms with Gasteiger partial charge in [0.1, 0.15) is 5.78 Å². The molecule has 3 atom stereocenters. The van der Waals surface area contributed by atoms with Crippen LogP contribution in [0.25, 0.3) is 0 Å². The Labute approximate surface area is 195 Å². The Morgan fingerprint density at radius 1 is 1.30 bits per heavy atom. The van der Waals surface area contributed by atoms with Gasteiger partial charge in [-0.3, -0.25) is 14.5 Å². The second-order valence-corrected chi connectivity index (χ2v) is 10.5. The van der Waals surface area contributed by atoms with Crippen LogP contribution < -0.4 is 4.74 Å². The minimum absolute atomic E-state index is 0.0492. The van der Waals surface area contributed by atoms with E-state index in [1.807, 2.05) is 25.1 Å². The summed E-state index contributed by atoms with van der Waals surface area (Å²) in [5.74, 6) is 0.536. The minimum atomic E-state index is -1.06. The summed E-state index contributed by atoms with van der Waals surface area (Å²) in [6.45, 7) is 3.76. The Bertz CT molecular complexity index is 983. The van der Waals surface area contributed by atoms with Crippen LogP contribution in [0, 0.1) is 5.92 Å². The molecule has 1 aliphatic heterocycles. The van der Waals surface area contributed by atoms with Gasteiger partial charge in [-0.25, -0.2) is 0 Å². The number of ether oxygens (including phenoxy) is 1. The molecule has 178 valence electrons.